The van der Waals surface area contributed by atoms with Crippen molar-refractivity contribution in [1.29, 1.82) is 0 Å². The SMILES string of the molecule is C1CCC2OC2C1.O=C(O)O. The van der Waals surface area contributed by atoms with Crippen molar-refractivity contribution in [2.24, 2.45) is 0 Å². The number of hydrogen-bond donors (Lipinski definition) is 2. The molecule has 0 spiro atoms. The van der Waals surface area contributed by atoms with E-state index in [4.69, 9.17) is 19.7 Å². The molecule has 64 valence electrons. The maximum Gasteiger partial charge on any atom is 0.503 e. The fourth-order valence-corrected chi connectivity index (χ4v) is 1.38. The minimum atomic E-state index is -1.83. The van der Waals surface area contributed by atoms with E-state index in [1.807, 2.05) is 0 Å². The van der Waals surface area contributed by atoms with Crippen LogP contribution in [0.4, 0.5) is 4.79 Å². The topological polar surface area (TPSA) is 70.1 Å². The fraction of sp³-hybridized carbons (Fsp3) is 0.857. The summed E-state index contributed by atoms with van der Waals surface area (Å²) in [4.78, 5) is 8.56. The Kier molecular flexibility index (Phi) is 2.70. The summed E-state index contributed by atoms with van der Waals surface area (Å²) in [6, 6.07) is 0. The number of fused-ring (bicyclic) bond motifs is 1. The molecular weight excluding hydrogens is 148 g/mol. The summed E-state index contributed by atoms with van der Waals surface area (Å²) in [6.45, 7) is 0. The van der Waals surface area contributed by atoms with Crippen molar-refractivity contribution >= 4 is 6.16 Å². The van der Waals surface area contributed by atoms with Crippen LogP contribution in [0.25, 0.3) is 0 Å². The molecule has 11 heavy (non-hydrogen) atoms. The Morgan fingerprint density at radius 1 is 1.18 bits per heavy atom. The fourth-order valence-electron chi connectivity index (χ4n) is 1.38. The Morgan fingerprint density at radius 3 is 1.82 bits per heavy atom. The van der Waals surface area contributed by atoms with Gasteiger partial charge in [0.15, 0.2) is 0 Å². The van der Waals surface area contributed by atoms with Crippen molar-refractivity contribution in [2.75, 3.05) is 0 Å². The second-order valence-corrected chi connectivity index (χ2v) is 2.78. The van der Waals surface area contributed by atoms with E-state index < -0.39 is 6.16 Å². The van der Waals surface area contributed by atoms with Crippen LogP contribution in [-0.2, 0) is 4.74 Å². The quantitative estimate of drug-likeness (QED) is 0.527. The van der Waals surface area contributed by atoms with Crippen LogP contribution < -0.4 is 0 Å². The predicted octanol–water partition coefficient (Wildman–Crippen LogP) is 1.55. The van der Waals surface area contributed by atoms with Gasteiger partial charge in [-0.2, -0.15) is 0 Å². The highest BCUT2D eigenvalue weighted by Gasteiger charge is 2.39. The van der Waals surface area contributed by atoms with Crippen LogP contribution in [0.1, 0.15) is 25.7 Å². The van der Waals surface area contributed by atoms with Crippen LogP contribution >= 0.6 is 0 Å². The van der Waals surface area contributed by atoms with Crippen molar-refractivity contribution in [3.05, 3.63) is 0 Å². The first-order valence-electron chi connectivity index (χ1n) is 3.77. The van der Waals surface area contributed by atoms with Gasteiger partial charge >= 0.3 is 6.16 Å². The summed E-state index contributed by atoms with van der Waals surface area (Å²) >= 11 is 0. The number of carboxylic acid groups (broad SMARTS) is 2. The summed E-state index contributed by atoms with van der Waals surface area (Å²) in [5, 5.41) is 13.9. The molecule has 2 rings (SSSR count). The maximum atomic E-state index is 8.56. The molecule has 4 heteroatoms. The highest BCUT2D eigenvalue weighted by molar-refractivity contribution is 5.53. The van der Waals surface area contributed by atoms with E-state index in [1.54, 1.807) is 0 Å². The van der Waals surface area contributed by atoms with E-state index in [1.165, 1.54) is 25.7 Å². The lowest BCUT2D eigenvalue weighted by molar-refractivity contribution is 0.137. The first-order valence-corrected chi connectivity index (χ1v) is 3.77. The molecule has 1 saturated heterocycles. The van der Waals surface area contributed by atoms with Crippen LogP contribution in [0.3, 0.4) is 0 Å². The molecule has 2 fully saturated rings. The van der Waals surface area contributed by atoms with Gasteiger partial charge in [0.05, 0.1) is 12.2 Å². The summed E-state index contributed by atoms with van der Waals surface area (Å²) in [5.74, 6) is 0. The molecule has 1 heterocycles. The molecule has 0 aromatic carbocycles. The third-order valence-electron chi connectivity index (χ3n) is 1.91. The average Bonchev–Trinajstić information content (AvgIpc) is 2.62. The largest absolute Gasteiger partial charge is 0.503 e. The minimum Gasteiger partial charge on any atom is -0.450 e. The number of hydrogen-bond acceptors (Lipinski definition) is 2. The third kappa shape index (κ3) is 3.23. The summed E-state index contributed by atoms with van der Waals surface area (Å²) in [5.41, 5.74) is 0. The van der Waals surface area contributed by atoms with E-state index in [2.05, 4.69) is 0 Å². The zero-order valence-corrected chi connectivity index (χ0v) is 6.19. The van der Waals surface area contributed by atoms with E-state index in [0.29, 0.717) is 12.2 Å². The number of ether oxygens (including phenoxy) is 1. The Labute approximate surface area is 64.8 Å². The zero-order valence-electron chi connectivity index (χ0n) is 6.19. The van der Waals surface area contributed by atoms with Crippen molar-refractivity contribution in [3.8, 4) is 0 Å². The van der Waals surface area contributed by atoms with Crippen LogP contribution in [0.2, 0.25) is 0 Å². The Bertz CT molecular complexity index is 131. The molecule has 1 aliphatic heterocycles. The predicted molar refractivity (Wildman–Crippen MR) is 37.8 cm³/mol. The lowest BCUT2D eigenvalue weighted by atomic mass is 10.0. The molecule has 0 amide bonds. The summed E-state index contributed by atoms with van der Waals surface area (Å²) in [6.07, 6.45) is 5.06. The second kappa shape index (κ2) is 3.57. The molecule has 2 aliphatic rings. The zero-order chi connectivity index (χ0) is 8.27. The van der Waals surface area contributed by atoms with E-state index in [9.17, 15) is 0 Å². The van der Waals surface area contributed by atoms with Gasteiger partial charge in [-0.3, -0.25) is 0 Å². The molecule has 4 nitrogen and oxygen atoms in total. The van der Waals surface area contributed by atoms with Crippen molar-refractivity contribution < 1.29 is 19.7 Å². The van der Waals surface area contributed by atoms with E-state index in [0.717, 1.165) is 0 Å². The summed E-state index contributed by atoms with van der Waals surface area (Å²) in [7, 11) is 0. The molecule has 2 atom stereocenters. The van der Waals surface area contributed by atoms with Crippen LogP contribution in [-0.4, -0.2) is 28.6 Å². The van der Waals surface area contributed by atoms with Crippen LogP contribution in [0.15, 0.2) is 0 Å². The van der Waals surface area contributed by atoms with Gasteiger partial charge in [0.1, 0.15) is 0 Å². The average molecular weight is 160 g/mol. The molecule has 2 unspecified atom stereocenters. The Hall–Kier alpha value is -0.770. The number of carbonyl (C=O) groups is 1. The second-order valence-electron chi connectivity index (χ2n) is 2.78. The molecule has 2 N–H and O–H groups in total. The molecule has 0 aromatic rings. The first kappa shape index (κ1) is 8.33. The lowest BCUT2D eigenvalue weighted by Crippen LogP contribution is -2.00. The van der Waals surface area contributed by atoms with Gasteiger partial charge in [-0.05, 0) is 12.8 Å². The van der Waals surface area contributed by atoms with Crippen molar-refractivity contribution in [3.63, 3.8) is 0 Å². The first-order chi connectivity index (χ1) is 5.20. The number of rotatable bonds is 0. The molecule has 1 aliphatic carbocycles. The third-order valence-corrected chi connectivity index (χ3v) is 1.91. The highest BCUT2D eigenvalue weighted by Crippen LogP contribution is 2.35. The number of epoxide rings is 1. The highest BCUT2D eigenvalue weighted by atomic mass is 16.6. The van der Waals surface area contributed by atoms with E-state index in [-0.39, 0.29) is 0 Å². The van der Waals surface area contributed by atoms with Gasteiger partial charge in [0.2, 0.25) is 0 Å². The van der Waals surface area contributed by atoms with Crippen molar-refractivity contribution in [1.82, 2.24) is 0 Å². The van der Waals surface area contributed by atoms with Gasteiger partial charge in [-0.15, -0.1) is 0 Å². The van der Waals surface area contributed by atoms with Crippen LogP contribution in [0, 0.1) is 0 Å². The molecule has 1 saturated carbocycles. The Morgan fingerprint density at radius 2 is 1.55 bits per heavy atom. The van der Waals surface area contributed by atoms with Gasteiger partial charge in [0.25, 0.3) is 0 Å². The van der Waals surface area contributed by atoms with Gasteiger partial charge in [-0.1, -0.05) is 12.8 Å². The monoisotopic (exact) mass is 160 g/mol. The van der Waals surface area contributed by atoms with Gasteiger partial charge in [-0.25, -0.2) is 4.79 Å². The molecule has 0 aromatic heterocycles. The smallest absolute Gasteiger partial charge is 0.450 e. The van der Waals surface area contributed by atoms with Crippen LogP contribution in [0.5, 0.6) is 0 Å². The lowest BCUT2D eigenvalue weighted by Gasteiger charge is -2.00. The standard InChI is InChI=1S/C6H10O.CH2O3/c1-2-4-6-5(3-1)7-6;2-1(3)4/h5-6H,1-4H2;(H2,2,3,4). The maximum absolute atomic E-state index is 8.56. The minimum absolute atomic E-state index is 0.703. The molecular formula is C7H12O4. The van der Waals surface area contributed by atoms with Gasteiger partial charge in [0, 0.05) is 0 Å². The Balaban J connectivity index is 0.000000134. The summed E-state index contributed by atoms with van der Waals surface area (Å²) < 4.78 is 5.28. The van der Waals surface area contributed by atoms with Crippen molar-refractivity contribution in [2.45, 2.75) is 37.9 Å². The molecule has 0 radical (unpaired) electrons. The molecule has 0 bridgehead atoms. The van der Waals surface area contributed by atoms with Gasteiger partial charge < -0.3 is 14.9 Å². The van der Waals surface area contributed by atoms with E-state index >= 15 is 0 Å². The normalized spacial score (nSPS) is 32.7.